The zero-order chi connectivity index (χ0) is 5.11. The summed E-state index contributed by atoms with van der Waals surface area (Å²) in [6, 6.07) is 0. The van der Waals surface area contributed by atoms with Crippen molar-refractivity contribution in [2.75, 3.05) is 0 Å². The number of aliphatic imine (C=N–C) groups is 1. The zero-order valence-electron chi connectivity index (χ0n) is 4.09. The fourth-order valence-electron chi connectivity index (χ4n) is 0.553. The maximum absolute atomic E-state index is 3.74. The molecule has 0 aromatic heterocycles. The van der Waals surface area contributed by atoms with Crippen LogP contribution in [0.2, 0.25) is 0 Å². The molecule has 0 aliphatic heterocycles. The van der Waals surface area contributed by atoms with Gasteiger partial charge in [0.15, 0.2) is 0 Å². The van der Waals surface area contributed by atoms with E-state index in [1.165, 1.54) is 0 Å². The first kappa shape index (κ1) is 4.31. The monoisotopic (exact) mass is 93.1 g/mol. The van der Waals surface area contributed by atoms with Crippen LogP contribution < -0.4 is 0 Å². The van der Waals surface area contributed by atoms with E-state index in [1.807, 2.05) is 12.2 Å². The Kier molecular flexibility index (Phi) is 1.07. The van der Waals surface area contributed by atoms with Crippen LogP contribution in [0.1, 0.15) is 6.42 Å². The van der Waals surface area contributed by atoms with E-state index < -0.39 is 0 Å². The van der Waals surface area contributed by atoms with E-state index in [1.54, 1.807) is 0 Å². The second-order valence-electron chi connectivity index (χ2n) is 1.45. The third kappa shape index (κ3) is 0.769. The molecule has 1 rings (SSSR count). The van der Waals surface area contributed by atoms with E-state index in [-0.39, 0.29) is 0 Å². The molecule has 1 nitrogen and oxygen atoms in total. The summed E-state index contributed by atoms with van der Waals surface area (Å²) in [5.41, 5.74) is 1.07. The Morgan fingerprint density at radius 2 is 2.57 bits per heavy atom. The second kappa shape index (κ2) is 1.73. The highest BCUT2D eigenvalue weighted by atomic mass is 14.7. The van der Waals surface area contributed by atoms with Gasteiger partial charge in [0.25, 0.3) is 0 Å². The van der Waals surface area contributed by atoms with E-state index in [0.29, 0.717) is 0 Å². The van der Waals surface area contributed by atoms with Gasteiger partial charge in [-0.05, 0) is 12.8 Å². The van der Waals surface area contributed by atoms with Crippen molar-refractivity contribution in [1.29, 1.82) is 0 Å². The maximum atomic E-state index is 3.74. The van der Waals surface area contributed by atoms with Gasteiger partial charge in [0, 0.05) is 12.1 Å². The predicted molar refractivity (Wildman–Crippen MR) is 31.4 cm³/mol. The second-order valence-corrected chi connectivity index (χ2v) is 1.45. The van der Waals surface area contributed by atoms with Gasteiger partial charge in [0.2, 0.25) is 0 Å². The number of nitrogens with zero attached hydrogens (tertiary/aromatic N) is 1. The molecule has 1 aliphatic carbocycles. The van der Waals surface area contributed by atoms with Crippen LogP contribution in [0.5, 0.6) is 0 Å². The van der Waals surface area contributed by atoms with E-state index >= 15 is 0 Å². The Bertz CT molecular complexity index is 131. The molecular formula is C6H7N. The maximum Gasteiger partial charge on any atom is 0.0433 e. The molecule has 0 bridgehead atoms. The number of hydrogen-bond donors (Lipinski definition) is 0. The van der Waals surface area contributed by atoms with Crippen LogP contribution in [-0.4, -0.2) is 6.72 Å². The molecule has 0 radical (unpaired) electrons. The molecule has 0 saturated heterocycles. The van der Waals surface area contributed by atoms with E-state index in [4.69, 9.17) is 0 Å². The molecular weight excluding hydrogens is 86.1 g/mol. The van der Waals surface area contributed by atoms with Crippen LogP contribution in [-0.2, 0) is 0 Å². The fraction of sp³-hybridized carbons (Fsp3) is 0.167. The first-order valence-corrected chi connectivity index (χ1v) is 2.26. The highest BCUT2D eigenvalue weighted by molar-refractivity contribution is 5.33. The van der Waals surface area contributed by atoms with Crippen LogP contribution in [0, 0.1) is 0 Å². The molecule has 0 aromatic carbocycles. The summed E-state index contributed by atoms with van der Waals surface area (Å²) in [6.45, 7) is 3.38. The minimum Gasteiger partial charge on any atom is -0.269 e. The normalized spacial score (nSPS) is 16.9. The lowest BCUT2D eigenvalue weighted by Gasteiger charge is -1.82. The van der Waals surface area contributed by atoms with Crippen molar-refractivity contribution in [3.63, 3.8) is 0 Å². The number of allylic oxidation sites excluding steroid dienone is 3. The van der Waals surface area contributed by atoms with Gasteiger partial charge in [-0.3, -0.25) is 4.99 Å². The number of rotatable bonds is 1. The smallest absolute Gasteiger partial charge is 0.0433 e. The highest BCUT2D eigenvalue weighted by Gasteiger charge is 1.90. The van der Waals surface area contributed by atoms with Gasteiger partial charge in [0.05, 0.1) is 0 Å². The largest absolute Gasteiger partial charge is 0.269 e. The number of hydrogen-bond acceptors (Lipinski definition) is 1. The quantitative estimate of drug-likeness (QED) is 0.436. The minimum absolute atomic E-state index is 0.962. The molecule has 36 valence electrons. The first-order valence-electron chi connectivity index (χ1n) is 2.26. The minimum atomic E-state index is 0.962. The van der Waals surface area contributed by atoms with Crippen molar-refractivity contribution < 1.29 is 0 Å². The molecule has 0 aromatic rings. The lowest BCUT2D eigenvalue weighted by Crippen LogP contribution is -1.64. The Hall–Kier alpha value is -0.850. The van der Waals surface area contributed by atoms with Crippen molar-refractivity contribution in [1.82, 2.24) is 0 Å². The summed E-state index contributed by atoms with van der Waals surface area (Å²) in [5.74, 6) is 0. The molecule has 0 atom stereocenters. The SMILES string of the molecule is C=NC1=CC=CC1. The van der Waals surface area contributed by atoms with Crippen molar-refractivity contribution in [3.05, 3.63) is 23.9 Å². The molecule has 1 aliphatic rings. The van der Waals surface area contributed by atoms with Crippen LogP contribution in [0.3, 0.4) is 0 Å². The van der Waals surface area contributed by atoms with Gasteiger partial charge in [-0.25, -0.2) is 0 Å². The standard InChI is InChI=1S/C6H7N/c1-7-6-4-2-3-5-6/h2-4H,1,5H2. The molecule has 0 N–H and O–H groups in total. The van der Waals surface area contributed by atoms with Crippen molar-refractivity contribution in [2.45, 2.75) is 6.42 Å². The zero-order valence-corrected chi connectivity index (χ0v) is 4.09. The van der Waals surface area contributed by atoms with Crippen molar-refractivity contribution in [2.24, 2.45) is 4.99 Å². The molecule has 1 heteroatoms. The van der Waals surface area contributed by atoms with E-state index in [0.717, 1.165) is 12.1 Å². The Morgan fingerprint density at radius 1 is 1.71 bits per heavy atom. The van der Waals surface area contributed by atoms with Crippen LogP contribution in [0.25, 0.3) is 0 Å². The van der Waals surface area contributed by atoms with Crippen molar-refractivity contribution in [3.8, 4) is 0 Å². The van der Waals surface area contributed by atoms with Crippen LogP contribution >= 0.6 is 0 Å². The average molecular weight is 93.1 g/mol. The average Bonchev–Trinajstić information content (AvgIpc) is 2.14. The van der Waals surface area contributed by atoms with Gasteiger partial charge in [-0.1, -0.05) is 12.2 Å². The van der Waals surface area contributed by atoms with Gasteiger partial charge in [-0.2, -0.15) is 0 Å². The van der Waals surface area contributed by atoms with Crippen LogP contribution in [0.4, 0.5) is 0 Å². The Balaban J connectivity index is 2.61. The summed E-state index contributed by atoms with van der Waals surface area (Å²) < 4.78 is 0. The van der Waals surface area contributed by atoms with Crippen LogP contribution in [0.15, 0.2) is 28.9 Å². The third-order valence-electron chi connectivity index (χ3n) is 0.955. The van der Waals surface area contributed by atoms with Gasteiger partial charge < -0.3 is 0 Å². The lowest BCUT2D eigenvalue weighted by atomic mass is 10.4. The summed E-state index contributed by atoms with van der Waals surface area (Å²) in [4.78, 5) is 3.74. The summed E-state index contributed by atoms with van der Waals surface area (Å²) in [5, 5.41) is 0. The summed E-state index contributed by atoms with van der Waals surface area (Å²) in [7, 11) is 0. The van der Waals surface area contributed by atoms with Gasteiger partial charge in [-0.15, -0.1) is 0 Å². The third-order valence-corrected chi connectivity index (χ3v) is 0.955. The Morgan fingerprint density at radius 3 is 2.86 bits per heavy atom. The molecule has 0 spiro atoms. The molecule has 7 heavy (non-hydrogen) atoms. The first-order chi connectivity index (χ1) is 3.43. The predicted octanol–water partition coefficient (Wildman–Crippen LogP) is 1.53. The molecule has 0 fully saturated rings. The molecule has 0 unspecified atom stereocenters. The van der Waals surface area contributed by atoms with Gasteiger partial charge >= 0.3 is 0 Å². The lowest BCUT2D eigenvalue weighted by molar-refractivity contribution is 1.21. The van der Waals surface area contributed by atoms with E-state index in [9.17, 15) is 0 Å². The summed E-state index contributed by atoms with van der Waals surface area (Å²) >= 11 is 0. The summed E-state index contributed by atoms with van der Waals surface area (Å²) in [6.07, 6.45) is 6.98. The Labute approximate surface area is 43.1 Å². The van der Waals surface area contributed by atoms with Crippen molar-refractivity contribution >= 4 is 6.72 Å². The fourth-order valence-corrected chi connectivity index (χ4v) is 0.553. The van der Waals surface area contributed by atoms with Gasteiger partial charge in [0.1, 0.15) is 0 Å². The topological polar surface area (TPSA) is 12.4 Å². The van der Waals surface area contributed by atoms with E-state index in [2.05, 4.69) is 17.8 Å². The molecule has 0 heterocycles. The molecule has 0 amide bonds. The highest BCUT2D eigenvalue weighted by Crippen LogP contribution is 2.09. The molecule has 0 saturated carbocycles.